The highest BCUT2D eigenvalue weighted by Gasteiger charge is 2.40. The van der Waals surface area contributed by atoms with E-state index < -0.39 is 17.5 Å². The van der Waals surface area contributed by atoms with Gasteiger partial charge in [-0.1, -0.05) is 37.8 Å². The highest BCUT2D eigenvalue weighted by atomic mass is 19.1. The van der Waals surface area contributed by atoms with Crippen LogP contribution in [0.2, 0.25) is 0 Å². The maximum Gasteiger partial charge on any atom is 0.152 e. The van der Waals surface area contributed by atoms with Crippen LogP contribution in [0.3, 0.4) is 0 Å². The number of amidine groups is 1. The van der Waals surface area contributed by atoms with Crippen molar-refractivity contribution in [3.63, 3.8) is 0 Å². The minimum absolute atomic E-state index is 0.0827. The Labute approximate surface area is 135 Å². The molecule has 0 radical (unpaired) electrons. The molecule has 0 amide bonds. The molecule has 3 rings (SSSR count). The molecule has 0 unspecified atom stereocenters. The van der Waals surface area contributed by atoms with Crippen LogP contribution in [-0.2, 0) is 16.7 Å². The Morgan fingerprint density at radius 2 is 2.09 bits per heavy atom. The van der Waals surface area contributed by atoms with Gasteiger partial charge in [0.15, 0.2) is 6.17 Å². The van der Waals surface area contributed by atoms with Crippen molar-refractivity contribution in [3.8, 4) is 0 Å². The smallest absolute Gasteiger partial charge is 0.152 e. The van der Waals surface area contributed by atoms with Crippen LogP contribution in [0.4, 0.5) is 8.78 Å². The molecule has 0 spiro atoms. The van der Waals surface area contributed by atoms with Gasteiger partial charge in [-0.2, -0.15) is 0 Å². The van der Waals surface area contributed by atoms with Crippen LogP contribution in [0.15, 0.2) is 23.2 Å². The summed E-state index contributed by atoms with van der Waals surface area (Å²) in [5, 5.41) is 0. The third kappa shape index (κ3) is 3.39. The van der Waals surface area contributed by atoms with E-state index in [0.717, 1.165) is 12.0 Å². The summed E-state index contributed by atoms with van der Waals surface area (Å²) in [7, 11) is 0. The minimum atomic E-state index is -1.43. The second kappa shape index (κ2) is 6.56. The van der Waals surface area contributed by atoms with Gasteiger partial charge in [0.05, 0.1) is 6.61 Å². The van der Waals surface area contributed by atoms with Gasteiger partial charge in [0, 0.05) is 5.56 Å². The number of hydrogen-bond donors (Lipinski definition) is 1. The number of rotatable bonds is 3. The fraction of sp³-hybridized carbons (Fsp3) is 0.611. The average molecular weight is 322 g/mol. The van der Waals surface area contributed by atoms with Crippen molar-refractivity contribution in [3.05, 3.63) is 35.1 Å². The lowest BCUT2D eigenvalue weighted by atomic mass is 9.85. The van der Waals surface area contributed by atoms with Crippen molar-refractivity contribution in [1.82, 2.24) is 0 Å². The number of alkyl halides is 1. The molecule has 0 saturated heterocycles. The molecule has 1 aromatic carbocycles. The van der Waals surface area contributed by atoms with E-state index in [1.165, 1.54) is 31.7 Å². The number of aliphatic imine (C=N–C) groups is 1. The lowest BCUT2D eigenvalue weighted by molar-refractivity contribution is 0.0754. The number of benzene rings is 1. The van der Waals surface area contributed by atoms with E-state index in [9.17, 15) is 8.78 Å². The molecule has 126 valence electrons. The third-order valence-corrected chi connectivity index (χ3v) is 5.08. The predicted octanol–water partition coefficient (Wildman–Crippen LogP) is 3.50. The van der Waals surface area contributed by atoms with Gasteiger partial charge in [-0.3, -0.25) is 4.99 Å². The van der Waals surface area contributed by atoms with Gasteiger partial charge in [0.2, 0.25) is 0 Å². The van der Waals surface area contributed by atoms with Gasteiger partial charge >= 0.3 is 0 Å². The Bertz CT molecular complexity index is 599. The molecule has 23 heavy (non-hydrogen) atoms. The Morgan fingerprint density at radius 1 is 1.35 bits per heavy atom. The largest absolute Gasteiger partial charge is 0.386 e. The molecule has 5 heteroatoms. The fourth-order valence-corrected chi connectivity index (χ4v) is 3.69. The third-order valence-electron chi connectivity index (χ3n) is 5.08. The van der Waals surface area contributed by atoms with Crippen molar-refractivity contribution < 1.29 is 13.5 Å². The highest BCUT2D eigenvalue weighted by Crippen LogP contribution is 2.36. The maximum atomic E-state index is 14.6. The van der Waals surface area contributed by atoms with Gasteiger partial charge in [0.1, 0.15) is 23.8 Å². The molecule has 1 aliphatic carbocycles. The molecule has 1 aromatic rings. The van der Waals surface area contributed by atoms with Gasteiger partial charge in [-0.25, -0.2) is 8.78 Å². The summed E-state index contributed by atoms with van der Waals surface area (Å²) in [5.41, 5.74) is 5.74. The van der Waals surface area contributed by atoms with E-state index in [1.54, 1.807) is 19.1 Å². The van der Waals surface area contributed by atoms with Crippen LogP contribution in [0, 0.1) is 11.7 Å². The first-order valence-electron chi connectivity index (χ1n) is 8.34. The lowest BCUT2D eigenvalue weighted by Crippen LogP contribution is -2.35. The summed E-state index contributed by atoms with van der Waals surface area (Å²) in [4.78, 5) is 4.25. The zero-order valence-corrected chi connectivity index (χ0v) is 13.5. The van der Waals surface area contributed by atoms with Crippen LogP contribution in [0.5, 0.6) is 0 Å². The van der Waals surface area contributed by atoms with Gasteiger partial charge in [0.25, 0.3) is 0 Å². The number of halogens is 2. The first-order valence-corrected chi connectivity index (χ1v) is 8.34. The van der Waals surface area contributed by atoms with Crippen LogP contribution in [-0.4, -0.2) is 25.2 Å². The van der Waals surface area contributed by atoms with Crippen LogP contribution in [0.25, 0.3) is 0 Å². The standard InChI is InChI=1S/C18H24F2N2O/c1-18(16(20)10-23-11-17(21)22-18)14-9-13(6-7-15(14)19)8-12-4-2-3-5-12/h6-7,9,12,16H,2-5,8,10-11H2,1H3,(H2,21,22)/t16-,18+/m0/s1. The van der Waals surface area contributed by atoms with Gasteiger partial charge in [-0.15, -0.1) is 0 Å². The Balaban J connectivity index is 1.94. The highest BCUT2D eigenvalue weighted by molar-refractivity contribution is 5.82. The first-order chi connectivity index (χ1) is 11.0. The van der Waals surface area contributed by atoms with Crippen LogP contribution >= 0.6 is 0 Å². The summed E-state index contributed by atoms with van der Waals surface area (Å²) in [6.07, 6.45) is 4.45. The quantitative estimate of drug-likeness (QED) is 0.926. The van der Waals surface area contributed by atoms with E-state index in [0.29, 0.717) is 5.92 Å². The Hall–Kier alpha value is -1.49. The van der Waals surface area contributed by atoms with Crippen molar-refractivity contribution >= 4 is 5.84 Å². The first kappa shape index (κ1) is 16.4. The molecule has 0 aromatic heterocycles. The fourth-order valence-electron chi connectivity index (χ4n) is 3.69. The minimum Gasteiger partial charge on any atom is -0.386 e. The second-order valence-electron chi connectivity index (χ2n) is 6.90. The second-order valence-corrected chi connectivity index (χ2v) is 6.90. The van der Waals surface area contributed by atoms with E-state index >= 15 is 0 Å². The predicted molar refractivity (Wildman–Crippen MR) is 86.8 cm³/mol. The molecule has 1 heterocycles. The topological polar surface area (TPSA) is 47.6 Å². The summed E-state index contributed by atoms with van der Waals surface area (Å²) in [6, 6.07) is 4.99. The van der Waals surface area contributed by atoms with Crippen LogP contribution < -0.4 is 5.73 Å². The zero-order chi connectivity index (χ0) is 16.4. The zero-order valence-electron chi connectivity index (χ0n) is 13.5. The SMILES string of the molecule is C[C@]1(c2cc(CC3CCCC3)ccc2F)N=C(N)COC[C@@H]1F. The maximum absolute atomic E-state index is 14.6. The summed E-state index contributed by atoms with van der Waals surface area (Å²) >= 11 is 0. The number of ether oxygens (including phenoxy) is 1. The van der Waals surface area contributed by atoms with Crippen LogP contribution in [0.1, 0.15) is 43.7 Å². The molecule has 1 saturated carbocycles. The number of nitrogens with two attached hydrogens (primary N) is 1. The number of hydrogen-bond acceptors (Lipinski definition) is 3. The molecule has 1 aliphatic heterocycles. The normalized spacial score (nSPS) is 29.3. The molecule has 2 N–H and O–H groups in total. The van der Waals surface area contributed by atoms with E-state index in [-0.39, 0.29) is 24.6 Å². The van der Waals surface area contributed by atoms with E-state index in [4.69, 9.17) is 10.5 Å². The monoisotopic (exact) mass is 322 g/mol. The summed E-state index contributed by atoms with van der Waals surface area (Å²) in [6.45, 7) is 1.54. The summed E-state index contributed by atoms with van der Waals surface area (Å²) < 4.78 is 34.2. The Morgan fingerprint density at radius 3 is 2.83 bits per heavy atom. The van der Waals surface area contributed by atoms with Crippen molar-refractivity contribution in [2.45, 2.75) is 50.7 Å². The Kier molecular flexibility index (Phi) is 4.67. The molecule has 0 bridgehead atoms. The molecule has 2 atom stereocenters. The molecule has 2 aliphatic rings. The van der Waals surface area contributed by atoms with E-state index in [2.05, 4.69) is 4.99 Å². The number of nitrogens with zero attached hydrogens (tertiary/aromatic N) is 1. The molecular weight excluding hydrogens is 298 g/mol. The molecular formula is C18H24F2N2O. The summed E-state index contributed by atoms with van der Waals surface area (Å²) in [5.74, 6) is 0.408. The van der Waals surface area contributed by atoms with Crippen molar-refractivity contribution in [2.24, 2.45) is 16.6 Å². The van der Waals surface area contributed by atoms with Gasteiger partial charge in [-0.05, 0) is 30.9 Å². The average Bonchev–Trinajstić information content (AvgIpc) is 2.97. The van der Waals surface area contributed by atoms with Gasteiger partial charge < -0.3 is 10.5 Å². The van der Waals surface area contributed by atoms with Crippen molar-refractivity contribution in [1.29, 1.82) is 0 Å². The van der Waals surface area contributed by atoms with E-state index in [1.807, 2.05) is 0 Å². The van der Waals surface area contributed by atoms with Crippen molar-refractivity contribution in [2.75, 3.05) is 13.2 Å². The molecule has 1 fully saturated rings. The lowest BCUT2D eigenvalue weighted by Gasteiger charge is -2.29. The molecule has 3 nitrogen and oxygen atoms in total.